The maximum atomic E-state index is 12.1. The largest absolute Gasteiger partial charge is 0.273 e. The zero-order chi connectivity index (χ0) is 18.5. The van der Waals surface area contributed by atoms with Gasteiger partial charge in [-0.05, 0) is 39.6 Å². The van der Waals surface area contributed by atoms with E-state index in [1.165, 1.54) is 0 Å². The van der Waals surface area contributed by atoms with Gasteiger partial charge in [-0.25, -0.2) is 5.43 Å². The van der Waals surface area contributed by atoms with Crippen molar-refractivity contribution in [1.82, 2.24) is 5.43 Å². The van der Waals surface area contributed by atoms with Crippen LogP contribution in [0.5, 0.6) is 0 Å². The fourth-order valence-electron chi connectivity index (χ4n) is 3.32. The zero-order valence-electron chi connectivity index (χ0n) is 14.9. The van der Waals surface area contributed by atoms with Crippen molar-refractivity contribution in [2.45, 2.75) is 12.8 Å². The second-order valence-corrected chi connectivity index (χ2v) is 6.51. The van der Waals surface area contributed by atoms with Gasteiger partial charge in [0.25, 0.3) is 0 Å². The summed E-state index contributed by atoms with van der Waals surface area (Å²) in [4.78, 5) is 12.1. The molecule has 0 atom stereocenters. The van der Waals surface area contributed by atoms with Gasteiger partial charge in [0, 0.05) is 12.0 Å². The molecule has 0 bridgehead atoms. The average molecular weight is 352 g/mol. The van der Waals surface area contributed by atoms with Crippen LogP contribution in [0.2, 0.25) is 0 Å². The van der Waals surface area contributed by atoms with E-state index >= 15 is 0 Å². The third-order valence-electron chi connectivity index (χ3n) is 4.68. The number of carbonyl (C=O) groups excluding carboxylic acids is 1. The summed E-state index contributed by atoms with van der Waals surface area (Å²) in [6, 6.07) is 28.6. The average Bonchev–Trinajstić information content (AvgIpc) is 2.72. The number of fused-ring (bicyclic) bond motifs is 2. The van der Waals surface area contributed by atoms with Crippen LogP contribution in [0.4, 0.5) is 0 Å². The molecule has 0 fully saturated rings. The van der Waals surface area contributed by atoms with E-state index in [4.69, 9.17) is 0 Å². The summed E-state index contributed by atoms with van der Waals surface area (Å²) in [5, 5.41) is 8.80. The summed E-state index contributed by atoms with van der Waals surface area (Å²) < 4.78 is 0. The van der Waals surface area contributed by atoms with Crippen LogP contribution in [-0.2, 0) is 11.2 Å². The van der Waals surface area contributed by atoms with Gasteiger partial charge in [-0.3, -0.25) is 4.79 Å². The normalized spacial score (nSPS) is 11.3. The molecule has 0 spiro atoms. The molecule has 27 heavy (non-hydrogen) atoms. The molecule has 0 saturated carbocycles. The number of amides is 1. The lowest BCUT2D eigenvalue weighted by atomic mass is 9.97. The Hall–Kier alpha value is -3.46. The Balaban J connectivity index is 1.54. The van der Waals surface area contributed by atoms with Crippen molar-refractivity contribution in [3.8, 4) is 0 Å². The van der Waals surface area contributed by atoms with Gasteiger partial charge in [0.15, 0.2) is 0 Å². The second kappa shape index (κ2) is 7.83. The molecule has 3 nitrogen and oxygen atoms in total. The first kappa shape index (κ1) is 17.0. The number of nitrogens with zero attached hydrogens (tertiary/aromatic N) is 1. The van der Waals surface area contributed by atoms with Crippen molar-refractivity contribution in [1.29, 1.82) is 0 Å². The Morgan fingerprint density at radius 3 is 2.07 bits per heavy atom. The Morgan fingerprint density at radius 2 is 1.41 bits per heavy atom. The van der Waals surface area contributed by atoms with Crippen LogP contribution in [0.25, 0.3) is 21.5 Å². The van der Waals surface area contributed by atoms with Crippen molar-refractivity contribution in [3.05, 3.63) is 96.1 Å². The highest BCUT2D eigenvalue weighted by Gasteiger charge is 2.06. The minimum atomic E-state index is -0.0837. The highest BCUT2D eigenvalue weighted by molar-refractivity contribution is 6.13. The molecule has 0 unspecified atom stereocenters. The summed E-state index contributed by atoms with van der Waals surface area (Å²) >= 11 is 0. The molecular weight excluding hydrogens is 332 g/mol. The third kappa shape index (κ3) is 3.87. The highest BCUT2D eigenvalue weighted by atomic mass is 16.2. The van der Waals surface area contributed by atoms with Gasteiger partial charge < -0.3 is 0 Å². The first-order valence-corrected chi connectivity index (χ1v) is 9.07. The van der Waals surface area contributed by atoms with E-state index < -0.39 is 0 Å². The minimum absolute atomic E-state index is 0.0837. The third-order valence-corrected chi connectivity index (χ3v) is 4.68. The maximum Gasteiger partial charge on any atom is 0.240 e. The molecule has 0 aromatic heterocycles. The molecule has 4 rings (SSSR count). The molecule has 0 radical (unpaired) electrons. The molecular formula is C24H20N2O. The molecule has 0 heterocycles. The Kier molecular flexibility index (Phi) is 4.93. The molecule has 0 aliphatic carbocycles. The number of rotatable bonds is 5. The molecule has 4 aromatic carbocycles. The van der Waals surface area contributed by atoms with E-state index in [0.717, 1.165) is 32.7 Å². The quantitative estimate of drug-likeness (QED) is 0.304. The van der Waals surface area contributed by atoms with Crippen molar-refractivity contribution >= 4 is 33.7 Å². The summed E-state index contributed by atoms with van der Waals surface area (Å²) in [6.07, 6.45) is 2.88. The summed E-state index contributed by atoms with van der Waals surface area (Å²) in [5.74, 6) is -0.0837. The highest BCUT2D eigenvalue weighted by Crippen LogP contribution is 2.27. The molecule has 4 aromatic rings. The van der Waals surface area contributed by atoms with Gasteiger partial charge in [-0.15, -0.1) is 0 Å². The lowest BCUT2D eigenvalue weighted by Gasteiger charge is -2.08. The topological polar surface area (TPSA) is 41.5 Å². The van der Waals surface area contributed by atoms with Crippen molar-refractivity contribution in [2.24, 2.45) is 5.10 Å². The van der Waals surface area contributed by atoms with E-state index in [0.29, 0.717) is 12.8 Å². The number of hydrogen-bond donors (Lipinski definition) is 1. The standard InChI is InChI=1S/C24H20N2O/c27-24(15-14-18-8-2-1-3-9-18)26-25-17-23-21-12-6-4-10-19(21)16-20-11-5-7-13-22(20)23/h1-13,16-17H,14-15H2,(H,26,27)/b25-17+. The maximum absolute atomic E-state index is 12.1. The first-order chi connectivity index (χ1) is 13.3. The van der Waals surface area contributed by atoms with Crippen molar-refractivity contribution in [3.63, 3.8) is 0 Å². The van der Waals surface area contributed by atoms with Crippen LogP contribution in [0.15, 0.2) is 90.0 Å². The van der Waals surface area contributed by atoms with Gasteiger partial charge in [0.1, 0.15) is 0 Å². The van der Waals surface area contributed by atoms with Gasteiger partial charge >= 0.3 is 0 Å². The first-order valence-electron chi connectivity index (χ1n) is 9.07. The summed E-state index contributed by atoms with van der Waals surface area (Å²) in [6.45, 7) is 0. The van der Waals surface area contributed by atoms with Crippen LogP contribution >= 0.6 is 0 Å². The van der Waals surface area contributed by atoms with E-state index in [1.54, 1.807) is 6.21 Å². The van der Waals surface area contributed by atoms with Crippen molar-refractivity contribution < 1.29 is 4.79 Å². The number of benzene rings is 4. The van der Waals surface area contributed by atoms with Crippen LogP contribution in [0, 0.1) is 0 Å². The minimum Gasteiger partial charge on any atom is -0.273 e. The molecule has 0 saturated heterocycles. The molecule has 0 aliphatic heterocycles. The number of nitrogens with one attached hydrogen (secondary N) is 1. The number of aryl methyl sites for hydroxylation is 1. The van der Waals surface area contributed by atoms with E-state index in [1.807, 2.05) is 54.6 Å². The summed E-state index contributed by atoms with van der Waals surface area (Å²) in [7, 11) is 0. The number of carbonyl (C=O) groups is 1. The Labute approximate surface area is 158 Å². The fourth-order valence-corrected chi connectivity index (χ4v) is 3.32. The monoisotopic (exact) mass is 352 g/mol. The Bertz CT molecular complexity index is 1060. The SMILES string of the molecule is O=C(CCc1ccccc1)N/N=C/c1c2ccccc2cc2ccccc12. The smallest absolute Gasteiger partial charge is 0.240 e. The van der Waals surface area contributed by atoms with E-state index in [9.17, 15) is 4.79 Å². The predicted octanol–water partition coefficient (Wildman–Crippen LogP) is 5.08. The number of hydrogen-bond acceptors (Lipinski definition) is 2. The van der Waals surface area contributed by atoms with E-state index in [2.05, 4.69) is 40.9 Å². The van der Waals surface area contributed by atoms with Crippen LogP contribution in [0.1, 0.15) is 17.5 Å². The second-order valence-electron chi connectivity index (χ2n) is 6.51. The Morgan fingerprint density at radius 1 is 0.815 bits per heavy atom. The molecule has 132 valence electrons. The summed E-state index contributed by atoms with van der Waals surface area (Å²) in [5.41, 5.74) is 4.83. The number of hydrazone groups is 1. The van der Waals surface area contributed by atoms with Gasteiger partial charge in [0.05, 0.1) is 6.21 Å². The van der Waals surface area contributed by atoms with Crippen LogP contribution in [0.3, 0.4) is 0 Å². The molecule has 1 amide bonds. The molecule has 1 N–H and O–H groups in total. The van der Waals surface area contributed by atoms with Gasteiger partial charge in [-0.2, -0.15) is 5.10 Å². The fraction of sp³-hybridized carbons (Fsp3) is 0.0833. The van der Waals surface area contributed by atoms with Gasteiger partial charge in [0.2, 0.25) is 5.91 Å². The molecule has 3 heteroatoms. The van der Waals surface area contributed by atoms with E-state index in [-0.39, 0.29) is 5.91 Å². The van der Waals surface area contributed by atoms with Crippen molar-refractivity contribution in [2.75, 3.05) is 0 Å². The van der Waals surface area contributed by atoms with Crippen LogP contribution < -0.4 is 5.43 Å². The lowest BCUT2D eigenvalue weighted by Crippen LogP contribution is -2.17. The lowest BCUT2D eigenvalue weighted by molar-refractivity contribution is -0.121. The van der Waals surface area contributed by atoms with Crippen LogP contribution in [-0.4, -0.2) is 12.1 Å². The zero-order valence-corrected chi connectivity index (χ0v) is 14.9. The predicted molar refractivity (Wildman–Crippen MR) is 112 cm³/mol. The van der Waals surface area contributed by atoms with Gasteiger partial charge in [-0.1, -0.05) is 78.9 Å². The molecule has 0 aliphatic rings.